The fraction of sp³-hybridized carbons (Fsp3) is 0.111. The van der Waals surface area contributed by atoms with Crippen molar-refractivity contribution < 1.29 is 4.39 Å². The highest BCUT2D eigenvalue weighted by molar-refractivity contribution is 6.31. The van der Waals surface area contributed by atoms with E-state index in [-0.39, 0.29) is 5.02 Å². The molecule has 0 amide bonds. The van der Waals surface area contributed by atoms with Crippen molar-refractivity contribution in [1.29, 1.82) is 0 Å². The van der Waals surface area contributed by atoms with Crippen LogP contribution in [0.5, 0.6) is 0 Å². The summed E-state index contributed by atoms with van der Waals surface area (Å²) >= 11 is 12.0. The van der Waals surface area contributed by atoms with Crippen molar-refractivity contribution in [3.63, 3.8) is 0 Å². The maximum Gasteiger partial charge on any atom is 0.229 e. The predicted octanol–water partition coefficient (Wildman–Crippen LogP) is 5.59. The summed E-state index contributed by atoms with van der Waals surface area (Å²) < 4.78 is 13.2. The third-order valence-electron chi connectivity index (χ3n) is 3.45. The number of benzene rings is 2. The number of aromatic nitrogens is 2. The number of halogens is 3. The highest BCUT2D eigenvalue weighted by atomic mass is 35.5. The molecule has 1 heterocycles. The Morgan fingerprint density at radius 3 is 2.56 bits per heavy atom. The van der Waals surface area contributed by atoms with Gasteiger partial charge in [-0.3, -0.25) is 0 Å². The molecule has 0 bridgehead atoms. The lowest BCUT2D eigenvalue weighted by Gasteiger charge is -2.11. The smallest absolute Gasteiger partial charge is 0.229 e. The van der Waals surface area contributed by atoms with Crippen LogP contribution in [0.1, 0.15) is 11.3 Å². The maximum atomic E-state index is 13.2. The van der Waals surface area contributed by atoms with Gasteiger partial charge in [0.05, 0.1) is 5.02 Å². The second-order valence-corrected chi connectivity index (χ2v) is 6.23. The average molecular weight is 377 g/mol. The van der Waals surface area contributed by atoms with E-state index in [0.717, 1.165) is 11.3 Å². The van der Waals surface area contributed by atoms with Gasteiger partial charge < -0.3 is 10.6 Å². The van der Waals surface area contributed by atoms with E-state index in [4.69, 9.17) is 23.2 Å². The molecule has 2 N–H and O–H groups in total. The summed E-state index contributed by atoms with van der Waals surface area (Å²) in [6.07, 6.45) is 0. The van der Waals surface area contributed by atoms with Crippen molar-refractivity contribution in [3.05, 3.63) is 75.7 Å². The highest BCUT2D eigenvalue weighted by Gasteiger charge is 2.06. The van der Waals surface area contributed by atoms with Gasteiger partial charge in [0.2, 0.25) is 5.95 Å². The van der Waals surface area contributed by atoms with Gasteiger partial charge in [0.1, 0.15) is 11.6 Å². The van der Waals surface area contributed by atoms with Crippen LogP contribution in [0, 0.1) is 12.7 Å². The molecule has 4 nitrogen and oxygen atoms in total. The fourth-order valence-electron chi connectivity index (χ4n) is 2.25. The molecule has 0 saturated heterocycles. The number of rotatable bonds is 5. The zero-order valence-electron chi connectivity index (χ0n) is 13.4. The van der Waals surface area contributed by atoms with Crippen molar-refractivity contribution in [2.75, 3.05) is 10.6 Å². The van der Waals surface area contributed by atoms with Gasteiger partial charge in [0.15, 0.2) is 0 Å². The molecular weight excluding hydrogens is 362 g/mol. The quantitative estimate of drug-likeness (QED) is 0.609. The van der Waals surface area contributed by atoms with E-state index in [2.05, 4.69) is 20.6 Å². The van der Waals surface area contributed by atoms with Crippen LogP contribution in [0.4, 0.5) is 21.8 Å². The first-order valence-corrected chi connectivity index (χ1v) is 8.32. The Hall–Kier alpha value is -2.37. The molecule has 3 aromatic rings. The molecule has 1 aromatic heterocycles. The largest absolute Gasteiger partial charge is 0.366 e. The molecule has 0 aliphatic rings. The zero-order valence-corrected chi connectivity index (χ0v) is 14.9. The van der Waals surface area contributed by atoms with Crippen LogP contribution < -0.4 is 10.6 Å². The number of aryl methyl sites for hydroxylation is 1. The van der Waals surface area contributed by atoms with E-state index in [1.165, 1.54) is 12.1 Å². The van der Waals surface area contributed by atoms with Crippen molar-refractivity contribution in [1.82, 2.24) is 9.97 Å². The lowest BCUT2D eigenvalue weighted by molar-refractivity contribution is 0.628. The normalized spacial score (nSPS) is 10.6. The van der Waals surface area contributed by atoms with Crippen LogP contribution in [0.25, 0.3) is 0 Å². The number of nitrogens with one attached hydrogen (secondary N) is 2. The van der Waals surface area contributed by atoms with E-state index in [9.17, 15) is 4.39 Å². The molecule has 0 radical (unpaired) electrons. The van der Waals surface area contributed by atoms with Crippen LogP contribution in [0.3, 0.4) is 0 Å². The van der Waals surface area contributed by atoms with Crippen LogP contribution >= 0.6 is 23.2 Å². The standard InChI is InChI=1S/C18H15Cl2FN4/c1-11-8-17(22-10-12-4-2-3-5-14(12)19)25-18(23-11)24-13-6-7-16(21)15(20)9-13/h2-9H,10H2,1H3,(H2,22,23,24,25). The van der Waals surface area contributed by atoms with E-state index in [1.807, 2.05) is 37.3 Å². The van der Waals surface area contributed by atoms with Crippen molar-refractivity contribution in [2.24, 2.45) is 0 Å². The molecule has 7 heteroatoms. The second-order valence-electron chi connectivity index (χ2n) is 5.42. The third-order valence-corrected chi connectivity index (χ3v) is 4.11. The molecule has 25 heavy (non-hydrogen) atoms. The number of nitrogens with zero attached hydrogens (tertiary/aromatic N) is 2. The predicted molar refractivity (Wildman–Crippen MR) is 100 cm³/mol. The van der Waals surface area contributed by atoms with Crippen LogP contribution in [-0.2, 0) is 6.54 Å². The van der Waals surface area contributed by atoms with E-state index in [0.29, 0.717) is 29.0 Å². The Morgan fingerprint density at radius 2 is 1.80 bits per heavy atom. The van der Waals surface area contributed by atoms with Gasteiger partial charge in [-0.15, -0.1) is 0 Å². The second kappa shape index (κ2) is 7.68. The Labute approximate surface area is 155 Å². The van der Waals surface area contributed by atoms with Gasteiger partial charge in [0.25, 0.3) is 0 Å². The molecular formula is C18H15Cl2FN4. The van der Waals surface area contributed by atoms with Gasteiger partial charge in [-0.25, -0.2) is 9.37 Å². The van der Waals surface area contributed by atoms with Gasteiger partial charge in [0, 0.05) is 29.0 Å². The Bertz CT molecular complexity index is 902. The van der Waals surface area contributed by atoms with Crippen molar-refractivity contribution in [2.45, 2.75) is 13.5 Å². The van der Waals surface area contributed by atoms with Crippen LogP contribution in [0.2, 0.25) is 10.0 Å². The molecule has 0 unspecified atom stereocenters. The summed E-state index contributed by atoms with van der Waals surface area (Å²) in [6.45, 7) is 2.41. The van der Waals surface area contributed by atoms with Crippen molar-refractivity contribution in [3.8, 4) is 0 Å². The summed E-state index contributed by atoms with van der Waals surface area (Å²) in [4.78, 5) is 8.74. The van der Waals surface area contributed by atoms with Gasteiger partial charge in [-0.2, -0.15) is 4.98 Å². The minimum Gasteiger partial charge on any atom is -0.366 e. The number of anilines is 3. The first kappa shape index (κ1) is 17.5. The Balaban J connectivity index is 1.76. The summed E-state index contributed by atoms with van der Waals surface area (Å²) in [6, 6.07) is 13.8. The fourth-order valence-corrected chi connectivity index (χ4v) is 2.63. The summed E-state index contributed by atoms with van der Waals surface area (Å²) in [5.41, 5.74) is 2.36. The molecule has 0 aliphatic carbocycles. The van der Waals surface area contributed by atoms with E-state index >= 15 is 0 Å². The molecule has 0 fully saturated rings. The molecule has 0 atom stereocenters. The minimum atomic E-state index is -0.473. The first-order valence-electron chi connectivity index (χ1n) is 7.56. The van der Waals surface area contributed by atoms with Gasteiger partial charge in [-0.1, -0.05) is 41.4 Å². The lowest BCUT2D eigenvalue weighted by Crippen LogP contribution is -2.06. The number of hydrogen-bond donors (Lipinski definition) is 2. The van der Waals surface area contributed by atoms with Gasteiger partial charge >= 0.3 is 0 Å². The molecule has 3 rings (SSSR count). The Kier molecular flexibility index (Phi) is 5.36. The topological polar surface area (TPSA) is 49.8 Å². The third kappa shape index (κ3) is 4.59. The average Bonchev–Trinajstić information content (AvgIpc) is 2.57. The van der Waals surface area contributed by atoms with E-state index in [1.54, 1.807) is 6.07 Å². The molecule has 0 spiro atoms. The highest BCUT2D eigenvalue weighted by Crippen LogP contribution is 2.22. The van der Waals surface area contributed by atoms with Crippen LogP contribution in [0.15, 0.2) is 48.5 Å². The summed E-state index contributed by atoms with van der Waals surface area (Å²) in [5.74, 6) is 0.576. The number of hydrogen-bond acceptors (Lipinski definition) is 4. The maximum absolute atomic E-state index is 13.2. The zero-order chi connectivity index (χ0) is 17.8. The lowest BCUT2D eigenvalue weighted by atomic mass is 10.2. The van der Waals surface area contributed by atoms with E-state index < -0.39 is 5.82 Å². The summed E-state index contributed by atoms with van der Waals surface area (Å²) in [5, 5.41) is 6.98. The first-order chi connectivity index (χ1) is 12.0. The molecule has 0 saturated carbocycles. The Morgan fingerprint density at radius 1 is 1.00 bits per heavy atom. The minimum absolute atomic E-state index is 0.0368. The van der Waals surface area contributed by atoms with Crippen molar-refractivity contribution >= 4 is 40.7 Å². The van der Waals surface area contributed by atoms with Gasteiger partial charge in [-0.05, 0) is 36.8 Å². The summed E-state index contributed by atoms with van der Waals surface area (Å²) in [7, 11) is 0. The molecule has 2 aromatic carbocycles. The molecule has 0 aliphatic heterocycles. The molecule has 128 valence electrons. The SMILES string of the molecule is Cc1cc(NCc2ccccc2Cl)nc(Nc2ccc(F)c(Cl)c2)n1. The monoisotopic (exact) mass is 376 g/mol. The van der Waals surface area contributed by atoms with Crippen LogP contribution in [-0.4, -0.2) is 9.97 Å².